The van der Waals surface area contributed by atoms with Gasteiger partial charge in [0.2, 0.25) is 0 Å². The summed E-state index contributed by atoms with van der Waals surface area (Å²) in [5, 5.41) is 0. The Labute approximate surface area is 129 Å². The fourth-order valence-corrected chi connectivity index (χ4v) is 2.75. The van der Waals surface area contributed by atoms with Gasteiger partial charge in [0.25, 0.3) is 0 Å². The minimum atomic E-state index is -3.55. The largest absolute Gasteiger partial charge is 0.465 e. The van der Waals surface area contributed by atoms with Crippen LogP contribution in [-0.2, 0) is 19.1 Å². The van der Waals surface area contributed by atoms with Crippen molar-refractivity contribution < 1.29 is 27.8 Å². The first-order valence-corrected chi connectivity index (χ1v) is 7.45. The number of alkyl halides is 2. The molecule has 0 aliphatic heterocycles. The van der Waals surface area contributed by atoms with Crippen molar-refractivity contribution in [1.29, 1.82) is 0 Å². The Morgan fingerprint density at radius 2 is 1.91 bits per heavy atom. The quantitative estimate of drug-likeness (QED) is 0.390. The number of hydrogen-bond acceptors (Lipinski definition) is 4. The van der Waals surface area contributed by atoms with E-state index in [1.165, 1.54) is 13.8 Å². The molecule has 0 aromatic heterocycles. The molecule has 22 heavy (non-hydrogen) atoms. The molecule has 4 nitrogen and oxygen atoms in total. The van der Waals surface area contributed by atoms with Crippen LogP contribution in [0.2, 0.25) is 0 Å². The fourth-order valence-electron chi connectivity index (χ4n) is 2.75. The fraction of sp³-hybridized carbons (Fsp3) is 0.750. The molecule has 6 heteroatoms. The molecule has 0 aromatic rings. The van der Waals surface area contributed by atoms with E-state index in [1.54, 1.807) is 0 Å². The second kappa shape index (κ2) is 7.20. The Morgan fingerprint density at radius 3 is 2.32 bits per heavy atom. The van der Waals surface area contributed by atoms with E-state index in [1.807, 2.05) is 0 Å². The van der Waals surface area contributed by atoms with E-state index < -0.39 is 23.3 Å². The summed E-state index contributed by atoms with van der Waals surface area (Å²) < 4.78 is 38.1. The molecule has 1 fully saturated rings. The Kier molecular flexibility index (Phi) is 6.08. The van der Waals surface area contributed by atoms with Gasteiger partial charge in [0.1, 0.15) is 0 Å². The second-order valence-corrected chi connectivity index (χ2v) is 6.13. The molecule has 1 aliphatic rings. The van der Waals surface area contributed by atoms with Crippen LogP contribution in [0.15, 0.2) is 12.2 Å². The van der Waals surface area contributed by atoms with Crippen molar-refractivity contribution in [3.05, 3.63) is 12.2 Å². The van der Waals surface area contributed by atoms with Gasteiger partial charge in [-0.2, -0.15) is 8.78 Å². The first-order chi connectivity index (χ1) is 10.2. The molecule has 0 heterocycles. The number of rotatable bonds is 8. The van der Waals surface area contributed by atoms with Gasteiger partial charge >= 0.3 is 17.9 Å². The van der Waals surface area contributed by atoms with E-state index in [9.17, 15) is 18.4 Å². The van der Waals surface area contributed by atoms with Gasteiger partial charge in [-0.25, -0.2) is 9.59 Å². The monoisotopic (exact) mass is 318 g/mol. The van der Waals surface area contributed by atoms with Gasteiger partial charge in [0.05, 0.1) is 13.7 Å². The number of methoxy groups -OCH3 is 1. The van der Waals surface area contributed by atoms with Crippen LogP contribution in [0.4, 0.5) is 8.78 Å². The highest BCUT2D eigenvalue weighted by molar-refractivity contribution is 5.86. The number of carbonyl (C=O) groups is 2. The van der Waals surface area contributed by atoms with Crippen molar-refractivity contribution >= 4 is 11.9 Å². The Balaban J connectivity index is 2.70. The van der Waals surface area contributed by atoms with Crippen LogP contribution in [0.25, 0.3) is 0 Å². The van der Waals surface area contributed by atoms with Crippen molar-refractivity contribution in [3.8, 4) is 0 Å². The predicted molar refractivity (Wildman–Crippen MR) is 77.4 cm³/mol. The topological polar surface area (TPSA) is 52.6 Å². The van der Waals surface area contributed by atoms with Gasteiger partial charge < -0.3 is 9.47 Å². The van der Waals surface area contributed by atoms with Gasteiger partial charge in [-0.15, -0.1) is 0 Å². The smallest absolute Gasteiger partial charge is 0.377 e. The third-order valence-corrected chi connectivity index (χ3v) is 4.59. The molecular weight excluding hydrogens is 294 g/mol. The van der Waals surface area contributed by atoms with Gasteiger partial charge in [-0.1, -0.05) is 19.9 Å². The number of hydrogen-bond donors (Lipinski definition) is 0. The molecule has 1 unspecified atom stereocenters. The summed E-state index contributed by atoms with van der Waals surface area (Å²) in [7, 11) is 0.964. The maximum Gasteiger partial charge on any atom is 0.377 e. The van der Waals surface area contributed by atoms with Gasteiger partial charge in [0, 0.05) is 11.0 Å². The van der Waals surface area contributed by atoms with Crippen molar-refractivity contribution in [2.45, 2.75) is 51.9 Å². The molecule has 0 spiro atoms. The third-order valence-electron chi connectivity index (χ3n) is 4.59. The third kappa shape index (κ3) is 3.65. The van der Waals surface area contributed by atoms with Crippen molar-refractivity contribution in [2.24, 2.45) is 11.3 Å². The van der Waals surface area contributed by atoms with E-state index >= 15 is 0 Å². The lowest BCUT2D eigenvalue weighted by molar-refractivity contribution is -0.204. The maximum atomic E-state index is 14.5. The minimum absolute atomic E-state index is 0.0330. The average Bonchev–Trinajstić information content (AvgIpc) is 2.39. The zero-order chi connectivity index (χ0) is 17.0. The molecule has 0 radical (unpaired) electrons. The predicted octanol–water partition coefficient (Wildman–Crippen LogP) is 3.50. The van der Waals surface area contributed by atoms with E-state index in [0.29, 0.717) is 12.8 Å². The second-order valence-electron chi connectivity index (χ2n) is 6.13. The lowest BCUT2D eigenvalue weighted by Crippen LogP contribution is -2.52. The van der Waals surface area contributed by atoms with Gasteiger partial charge in [0.15, 0.2) is 0 Å². The first kappa shape index (κ1) is 18.6. The normalized spacial score (nSPS) is 18.0. The Hall–Kier alpha value is -1.46. The van der Waals surface area contributed by atoms with Gasteiger partial charge in [-0.05, 0) is 38.5 Å². The van der Waals surface area contributed by atoms with Gasteiger partial charge in [-0.3, -0.25) is 0 Å². The summed E-state index contributed by atoms with van der Waals surface area (Å²) in [6.07, 6.45) is 2.59. The van der Waals surface area contributed by atoms with Crippen LogP contribution in [0, 0.1) is 11.3 Å². The minimum Gasteiger partial charge on any atom is -0.465 e. The van der Waals surface area contributed by atoms with Crippen LogP contribution >= 0.6 is 0 Å². The Bertz CT molecular complexity index is 443. The number of carbonyl (C=O) groups excluding carboxylic acids is 2. The molecule has 126 valence electrons. The van der Waals surface area contributed by atoms with E-state index in [-0.39, 0.29) is 30.9 Å². The van der Waals surface area contributed by atoms with E-state index in [0.717, 1.165) is 13.5 Å². The van der Waals surface area contributed by atoms with Crippen molar-refractivity contribution in [3.63, 3.8) is 0 Å². The van der Waals surface area contributed by atoms with Crippen LogP contribution in [0.5, 0.6) is 0 Å². The van der Waals surface area contributed by atoms with Crippen LogP contribution in [0.3, 0.4) is 0 Å². The lowest BCUT2D eigenvalue weighted by Gasteiger charge is -2.46. The zero-order valence-electron chi connectivity index (χ0n) is 13.4. The average molecular weight is 318 g/mol. The molecule has 1 aliphatic carbocycles. The highest BCUT2D eigenvalue weighted by Gasteiger charge is 2.60. The summed E-state index contributed by atoms with van der Waals surface area (Å²) in [5.74, 6) is -5.81. The molecule has 0 aromatic carbocycles. The van der Waals surface area contributed by atoms with Crippen molar-refractivity contribution in [1.82, 2.24) is 0 Å². The van der Waals surface area contributed by atoms with Crippen LogP contribution in [-0.4, -0.2) is 31.6 Å². The first-order valence-electron chi connectivity index (χ1n) is 7.45. The highest BCUT2D eigenvalue weighted by Crippen LogP contribution is 2.53. The molecule has 0 amide bonds. The molecule has 0 N–H and O–H groups in total. The number of halogens is 2. The van der Waals surface area contributed by atoms with Crippen LogP contribution < -0.4 is 0 Å². The van der Waals surface area contributed by atoms with Crippen LogP contribution in [0.1, 0.15) is 46.0 Å². The summed E-state index contributed by atoms with van der Waals surface area (Å²) in [6, 6.07) is 0. The number of ether oxygens (including phenoxy) is 2. The standard InChI is InChI=1S/C16H24F2O4/c1-11(2)13(19)22-10-6-9-15(3,12-7-5-8-12)16(17,18)14(20)21-4/h12H,1,5-10H2,2-4H3. The molecule has 1 atom stereocenters. The van der Waals surface area contributed by atoms with Crippen molar-refractivity contribution in [2.75, 3.05) is 13.7 Å². The molecule has 1 saturated carbocycles. The number of esters is 2. The summed E-state index contributed by atoms with van der Waals surface area (Å²) >= 11 is 0. The highest BCUT2D eigenvalue weighted by atomic mass is 19.3. The molecule has 0 saturated heterocycles. The summed E-state index contributed by atoms with van der Waals surface area (Å²) in [5.41, 5.74) is -1.21. The lowest BCUT2D eigenvalue weighted by atomic mass is 9.61. The molecular formula is C16H24F2O4. The molecule has 1 rings (SSSR count). The zero-order valence-corrected chi connectivity index (χ0v) is 13.4. The molecule has 0 bridgehead atoms. The SMILES string of the molecule is C=C(C)C(=O)OCCCC(C)(C1CCC1)C(F)(F)C(=O)OC. The summed E-state index contributed by atoms with van der Waals surface area (Å²) in [6.45, 7) is 6.43. The van der Waals surface area contributed by atoms with E-state index in [4.69, 9.17) is 4.74 Å². The van der Waals surface area contributed by atoms with E-state index in [2.05, 4.69) is 11.3 Å². The maximum absolute atomic E-state index is 14.5. The Morgan fingerprint density at radius 1 is 1.32 bits per heavy atom. The summed E-state index contributed by atoms with van der Waals surface area (Å²) in [4.78, 5) is 22.8.